The molecule has 5 nitrogen and oxygen atoms in total. The molecule has 1 heterocycles. The van der Waals surface area contributed by atoms with Crippen molar-refractivity contribution in [3.05, 3.63) is 40.3 Å². The number of hydrogen-bond donors (Lipinski definition) is 2. The Morgan fingerprint density at radius 1 is 1.50 bits per heavy atom. The average Bonchev–Trinajstić information content (AvgIpc) is 2.82. The fourth-order valence-electron chi connectivity index (χ4n) is 3.36. The Morgan fingerprint density at radius 2 is 2.25 bits per heavy atom. The van der Waals surface area contributed by atoms with E-state index in [0.717, 1.165) is 28.6 Å². The Kier molecular flexibility index (Phi) is 4.02. The van der Waals surface area contributed by atoms with E-state index in [1.54, 1.807) is 6.08 Å². The predicted molar refractivity (Wildman–Crippen MR) is 88.7 cm³/mol. The van der Waals surface area contributed by atoms with Gasteiger partial charge in [-0.05, 0) is 56.4 Å². The summed E-state index contributed by atoms with van der Waals surface area (Å²) in [6, 6.07) is 3.30. The van der Waals surface area contributed by atoms with Crippen LogP contribution in [0, 0.1) is 31.0 Å². The molecular weight excluding hydrogens is 309 g/mol. The molecule has 0 radical (unpaired) electrons. The number of allylic oxidation sites excluding steroid dienone is 1. The minimum atomic E-state index is -0.836. The van der Waals surface area contributed by atoms with Crippen molar-refractivity contribution in [2.75, 3.05) is 0 Å². The van der Waals surface area contributed by atoms with Gasteiger partial charge in [0.25, 0.3) is 0 Å². The Balaban J connectivity index is 2.23. The molecule has 0 fully saturated rings. The van der Waals surface area contributed by atoms with Gasteiger partial charge in [0.05, 0.1) is 11.1 Å². The van der Waals surface area contributed by atoms with E-state index < -0.39 is 18.0 Å². The molecule has 0 saturated heterocycles. The first-order valence-corrected chi connectivity index (χ1v) is 7.81. The van der Waals surface area contributed by atoms with Crippen molar-refractivity contribution in [1.29, 1.82) is 5.26 Å². The molecule has 1 atom stereocenters. The first kappa shape index (κ1) is 16.1. The minimum Gasteiger partial charge on any atom is -0.442 e. The largest absolute Gasteiger partial charge is 0.442 e. The van der Waals surface area contributed by atoms with Gasteiger partial charge in [-0.15, -0.1) is 0 Å². The number of aryl methyl sites for hydroxylation is 2. The normalized spacial score (nSPS) is 17.4. The van der Waals surface area contributed by atoms with Gasteiger partial charge in [0.2, 0.25) is 0 Å². The smallest absolute Gasteiger partial charge is 0.405 e. The number of rotatable bonds is 2. The Morgan fingerprint density at radius 3 is 2.92 bits per heavy atom. The quantitative estimate of drug-likeness (QED) is 0.878. The van der Waals surface area contributed by atoms with E-state index in [2.05, 4.69) is 4.98 Å². The first-order valence-electron chi connectivity index (χ1n) is 7.81. The van der Waals surface area contributed by atoms with E-state index in [1.807, 2.05) is 19.9 Å². The maximum Gasteiger partial charge on any atom is 0.405 e. The highest BCUT2D eigenvalue weighted by molar-refractivity contribution is 5.98. The molecule has 2 aromatic rings. The van der Waals surface area contributed by atoms with Crippen LogP contribution in [0.15, 0.2) is 12.1 Å². The zero-order valence-electron chi connectivity index (χ0n) is 13.6. The third kappa shape index (κ3) is 2.62. The highest BCUT2D eigenvalue weighted by Gasteiger charge is 2.24. The van der Waals surface area contributed by atoms with Gasteiger partial charge >= 0.3 is 6.09 Å². The number of hydrogen-bond acceptors (Lipinski definition) is 3. The third-order valence-electron chi connectivity index (χ3n) is 4.56. The van der Waals surface area contributed by atoms with Crippen molar-refractivity contribution in [3.8, 4) is 6.07 Å². The highest BCUT2D eigenvalue weighted by Crippen LogP contribution is 2.38. The van der Waals surface area contributed by atoms with Crippen LogP contribution in [-0.2, 0) is 4.74 Å². The van der Waals surface area contributed by atoms with E-state index in [4.69, 9.17) is 10.5 Å². The number of aromatic nitrogens is 1. The van der Waals surface area contributed by atoms with Crippen molar-refractivity contribution in [1.82, 2.24) is 4.98 Å². The lowest BCUT2D eigenvalue weighted by molar-refractivity contribution is 0.122. The lowest BCUT2D eigenvalue weighted by Gasteiger charge is -2.22. The van der Waals surface area contributed by atoms with E-state index in [-0.39, 0.29) is 5.56 Å². The summed E-state index contributed by atoms with van der Waals surface area (Å²) in [5.41, 5.74) is 9.07. The number of halogens is 1. The topological polar surface area (TPSA) is 91.9 Å². The second-order valence-corrected chi connectivity index (χ2v) is 6.08. The average molecular weight is 327 g/mol. The van der Waals surface area contributed by atoms with Crippen molar-refractivity contribution < 1.29 is 13.9 Å². The summed E-state index contributed by atoms with van der Waals surface area (Å²) in [6.07, 6.45) is 2.60. The van der Waals surface area contributed by atoms with Crippen molar-refractivity contribution in [3.63, 3.8) is 0 Å². The standard InChI is InChI=1S/C18H18FN3O2/c1-9-10(2)22-17-12(8-20)7-14(19)16(15(9)17)11-4-3-5-13(6-11)24-18(21)23/h6-7,13,22H,3-5H2,1-2H3,(H2,21,23)/t13-/m0/s1. The van der Waals surface area contributed by atoms with Crippen LogP contribution >= 0.6 is 0 Å². The molecule has 0 bridgehead atoms. The number of nitriles is 1. The monoisotopic (exact) mass is 327 g/mol. The Hall–Kier alpha value is -2.81. The number of aromatic amines is 1. The Labute approximate surface area is 138 Å². The molecule has 0 aliphatic heterocycles. The van der Waals surface area contributed by atoms with Gasteiger partial charge < -0.3 is 15.5 Å². The second-order valence-electron chi connectivity index (χ2n) is 6.08. The van der Waals surface area contributed by atoms with Crippen LogP contribution in [0.5, 0.6) is 0 Å². The molecule has 24 heavy (non-hydrogen) atoms. The van der Waals surface area contributed by atoms with E-state index in [0.29, 0.717) is 23.9 Å². The zero-order chi connectivity index (χ0) is 17.4. The number of nitrogens with one attached hydrogen (secondary N) is 1. The number of primary amides is 1. The summed E-state index contributed by atoms with van der Waals surface area (Å²) in [5.74, 6) is -0.438. The molecule has 0 saturated carbocycles. The van der Waals surface area contributed by atoms with Crippen LogP contribution in [0.1, 0.15) is 41.6 Å². The summed E-state index contributed by atoms with van der Waals surface area (Å²) >= 11 is 0. The molecule has 1 aliphatic carbocycles. The molecule has 3 rings (SSSR count). The molecule has 3 N–H and O–H groups in total. The molecule has 1 aliphatic rings. The van der Waals surface area contributed by atoms with Crippen molar-refractivity contribution in [2.24, 2.45) is 5.73 Å². The van der Waals surface area contributed by atoms with Gasteiger partial charge in [0, 0.05) is 16.6 Å². The maximum absolute atomic E-state index is 14.8. The SMILES string of the molecule is Cc1[nH]c2c(C#N)cc(F)c(C3=C[C@@H](OC(N)=O)CCC3)c2c1C. The third-order valence-corrected chi connectivity index (χ3v) is 4.56. The summed E-state index contributed by atoms with van der Waals surface area (Å²) < 4.78 is 19.8. The summed E-state index contributed by atoms with van der Waals surface area (Å²) in [5, 5.41) is 10.00. The van der Waals surface area contributed by atoms with E-state index >= 15 is 0 Å². The molecule has 1 aromatic heterocycles. The first-order chi connectivity index (χ1) is 11.4. The van der Waals surface area contributed by atoms with Crippen LogP contribution in [0.3, 0.4) is 0 Å². The molecule has 0 unspecified atom stereocenters. The summed E-state index contributed by atoms with van der Waals surface area (Å²) in [7, 11) is 0. The van der Waals surface area contributed by atoms with Gasteiger partial charge in [0.1, 0.15) is 18.0 Å². The highest BCUT2D eigenvalue weighted by atomic mass is 19.1. The minimum absolute atomic E-state index is 0.281. The number of carbonyl (C=O) groups is 1. The van der Waals surface area contributed by atoms with Gasteiger partial charge in [-0.1, -0.05) is 0 Å². The fourth-order valence-corrected chi connectivity index (χ4v) is 3.36. The van der Waals surface area contributed by atoms with Gasteiger partial charge in [-0.25, -0.2) is 9.18 Å². The van der Waals surface area contributed by atoms with Crippen molar-refractivity contribution >= 4 is 22.6 Å². The number of benzene rings is 1. The number of nitrogens with two attached hydrogens (primary N) is 1. The molecule has 1 amide bonds. The lowest BCUT2D eigenvalue weighted by atomic mass is 9.88. The number of nitrogens with zero attached hydrogens (tertiary/aromatic N) is 1. The van der Waals surface area contributed by atoms with Gasteiger partial charge in [0.15, 0.2) is 0 Å². The van der Waals surface area contributed by atoms with Gasteiger partial charge in [-0.3, -0.25) is 0 Å². The summed E-state index contributed by atoms with van der Waals surface area (Å²) in [6.45, 7) is 3.80. The molecular formula is C18H18FN3O2. The number of fused-ring (bicyclic) bond motifs is 1. The summed E-state index contributed by atoms with van der Waals surface area (Å²) in [4.78, 5) is 14.2. The number of carbonyl (C=O) groups excluding carboxylic acids is 1. The van der Waals surface area contributed by atoms with E-state index in [9.17, 15) is 14.4 Å². The van der Waals surface area contributed by atoms with Crippen LogP contribution in [-0.4, -0.2) is 17.2 Å². The number of amides is 1. The Bertz CT molecular complexity index is 905. The van der Waals surface area contributed by atoms with E-state index in [1.165, 1.54) is 6.07 Å². The second kappa shape index (κ2) is 6.00. The van der Waals surface area contributed by atoms with Crippen LogP contribution in [0.2, 0.25) is 0 Å². The zero-order valence-corrected chi connectivity index (χ0v) is 13.6. The molecule has 124 valence electrons. The fraction of sp³-hybridized carbons (Fsp3) is 0.333. The van der Waals surface area contributed by atoms with Crippen molar-refractivity contribution in [2.45, 2.75) is 39.2 Å². The number of ether oxygens (including phenoxy) is 1. The van der Waals surface area contributed by atoms with Crippen LogP contribution in [0.4, 0.5) is 9.18 Å². The number of H-pyrrole nitrogens is 1. The van der Waals surface area contributed by atoms with Crippen LogP contribution in [0.25, 0.3) is 16.5 Å². The predicted octanol–water partition coefficient (Wildman–Crippen LogP) is 3.83. The molecule has 0 spiro atoms. The van der Waals surface area contributed by atoms with Gasteiger partial charge in [-0.2, -0.15) is 5.26 Å². The maximum atomic E-state index is 14.8. The molecule has 6 heteroatoms. The van der Waals surface area contributed by atoms with Crippen LogP contribution < -0.4 is 5.73 Å². The molecule has 1 aromatic carbocycles. The lowest BCUT2D eigenvalue weighted by Crippen LogP contribution is -2.23.